The second-order valence-electron chi connectivity index (χ2n) is 5.80. The van der Waals surface area contributed by atoms with Crippen LogP contribution in [0, 0.1) is 11.8 Å². The third-order valence-corrected chi connectivity index (χ3v) is 4.33. The average Bonchev–Trinajstić information content (AvgIpc) is 2.82. The number of allylic oxidation sites excluding steroid dienone is 4. The van der Waals surface area contributed by atoms with Gasteiger partial charge >= 0.3 is 0 Å². The monoisotopic (exact) mass is 290 g/mol. The van der Waals surface area contributed by atoms with E-state index in [4.69, 9.17) is 9.47 Å². The van der Waals surface area contributed by atoms with Crippen LogP contribution >= 0.6 is 0 Å². The van der Waals surface area contributed by atoms with E-state index in [0.717, 1.165) is 37.0 Å². The quantitative estimate of drug-likeness (QED) is 0.716. The van der Waals surface area contributed by atoms with E-state index in [0.29, 0.717) is 13.0 Å². The lowest BCUT2D eigenvalue weighted by atomic mass is 9.70. The highest BCUT2D eigenvalue weighted by Crippen LogP contribution is 2.49. The van der Waals surface area contributed by atoms with Crippen molar-refractivity contribution in [1.82, 2.24) is 0 Å². The van der Waals surface area contributed by atoms with Crippen molar-refractivity contribution >= 4 is 5.78 Å². The average molecular weight is 290 g/mol. The number of carbonyl (C=O) groups is 1. The molecule has 21 heavy (non-hydrogen) atoms. The number of rotatable bonds is 2. The van der Waals surface area contributed by atoms with Crippen LogP contribution in [0.15, 0.2) is 36.1 Å². The fraction of sp³-hybridized carbons (Fsp3) is 0.611. The first-order valence-electron chi connectivity index (χ1n) is 7.93. The third kappa shape index (κ3) is 3.13. The molecule has 0 aromatic heterocycles. The van der Waals surface area contributed by atoms with Crippen molar-refractivity contribution in [2.45, 2.75) is 52.2 Å². The minimum atomic E-state index is -0.179. The first-order valence-corrected chi connectivity index (χ1v) is 7.93. The number of hydrogen-bond donors (Lipinski definition) is 0. The van der Waals surface area contributed by atoms with Crippen LogP contribution in [0.1, 0.15) is 46.0 Å². The molecule has 0 bridgehead atoms. The van der Waals surface area contributed by atoms with E-state index in [9.17, 15) is 4.79 Å². The molecule has 3 nitrogen and oxygen atoms in total. The van der Waals surface area contributed by atoms with Crippen LogP contribution in [0.25, 0.3) is 0 Å². The van der Waals surface area contributed by atoms with Crippen LogP contribution in [0.2, 0.25) is 0 Å². The van der Waals surface area contributed by atoms with Crippen molar-refractivity contribution in [3.05, 3.63) is 36.1 Å². The van der Waals surface area contributed by atoms with Gasteiger partial charge in [-0.25, -0.2) is 0 Å². The molecule has 1 fully saturated rings. The Morgan fingerprint density at radius 1 is 1.38 bits per heavy atom. The molecule has 116 valence electrons. The van der Waals surface area contributed by atoms with Gasteiger partial charge in [-0.05, 0) is 33.1 Å². The summed E-state index contributed by atoms with van der Waals surface area (Å²) < 4.78 is 11.7. The number of Topliss-reactive ketones (excluding diaryl/α,β-unsaturated/α-hetero) is 1. The molecule has 0 amide bonds. The molecule has 3 rings (SSSR count). The van der Waals surface area contributed by atoms with Gasteiger partial charge in [0, 0.05) is 36.9 Å². The van der Waals surface area contributed by atoms with Gasteiger partial charge in [-0.15, -0.1) is 6.58 Å². The minimum Gasteiger partial charge on any atom is -0.469 e. The van der Waals surface area contributed by atoms with E-state index in [2.05, 4.69) is 13.2 Å². The summed E-state index contributed by atoms with van der Waals surface area (Å²) in [5.74, 6) is 1.61. The largest absolute Gasteiger partial charge is 0.469 e. The first kappa shape index (κ1) is 16.0. The maximum absolute atomic E-state index is 12.1. The summed E-state index contributed by atoms with van der Waals surface area (Å²) in [6, 6.07) is 0. The lowest BCUT2D eigenvalue weighted by Gasteiger charge is -2.42. The Bertz CT molecular complexity index is 461. The zero-order valence-electron chi connectivity index (χ0n) is 13.2. The number of carbonyl (C=O) groups excluding carboxylic acids is 1. The van der Waals surface area contributed by atoms with Gasteiger partial charge in [0.2, 0.25) is 6.29 Å². The van der Waals surface area contributed by atoms with Gasteiger partial charge in [0.1, 0.15) is 5.76 Å². The molecule has 0 aromatic carbocycles. The van der Waals surface area contributed by atoms with Gasteiger partial charge in [-0.2, -0.15) is 0 Å². The van der Waals surface area contributed by atoms with Gasteiger partial charge in [0.05, 0.1) is 0 Å². The van der Waals surface area contributed by atoms with Crippen LogP contribution in [-0.2, 0) is 14.3 Å². The number of ketones is 1. The smallest absolute Gasteiger partial charge is 0.203 e. The zero-order chi connectivity index (χ0) is 15.4. The van der Waals surface area contributed by atoms with Gasteiger partial charge in [0.25, 0.3) is 0 Å². The van der Waals surface area contributed by atoms with E-state index in [-0.39, 0.29) is 23.9 Å². The molecule has 0 radical (unpaired) electrons. The summed E-state index contributed by atoms with van der Waals surface area (Å²) in [6.45, 7) is 12.1. The summed E-state index contributed by atoms with van der Waals surface area (Å²) in [5, 5.41) is 0. The van der Waals surface area contributed by atoms with Gasteiger partial charge < -0.3 is 9.47 Å². The standard InChI is InChI=1S/C15H20O3.C3H6/c1-3-17-15-10-6-4-5-9(2)13(10)14-11(16)7-8-12(14)18-15;1-3-2/h10,13,15H,2-8H2,1H3;3H,1H2,2H3. The van der Waals surface area contributed by atoms with Gasteiger partial charge in [-0.3, -0.25) is 4.79 Å². The Morgan fingerprint density at radius 3 is 2.76 bits per heavy atom. The predicted molar refractivity (Wildman–Crippen MR) is 83.6 cm³/mol. The maximum Gasteiger partial charge on any atom is 0.203 e. The molecular weight excluding hydrogens is 264 g/mol. The van der Waals surface area contributed by atoms with Crippen molar-refractivity contribution in [2.75, 3.05) is 6.61 Å². The van der Waals surface area contributed by atoms with E-state index < -0.39 is 0 Å². The minimum absolute atomic E-state index is 0.179. The molecule has 3 aliphatic rings. The van der Waals surface area contributed by atoms with Crippen molar-refractivity contribution < 1.29 is 14.3 Å². The van der Waals surface area contributed by atoms with Crippen LogP contribution in [0.4, 0.5) is 0 Å². The van der Waals surface area contributed by atoms with Crippen LogP contribution < -0.4 is 0 Å². The fourth-order valence-electron chi connectivity index (χ4n) is 3.57. The second-order valence-corrected chi connectivity index (χ2v) is 5.80. The SMILES string of the molecule is C=C1CCCC2C(OCC)OC3=C(C(=O)CC3)C12.C=CC. The molecule has 0 aromatic rings. The molecule has 1 aliphatic heterocycles. The predicted octanol–water partition coefficient (Wildman–Crippen LogP) is 4.16. The number of ether oxygens (including phenoxy) is 2. The maximum atomic E-state index is 12.1. The van der Waals surface area contributed by atoms with E-state index in [1.807, 2.05) is 13.8 Å². The van der Waals surface area contributed by atoms with Crippen molar-refractivity contribution in [3.63, 3.8) is 0 Å². The van der Waals surface area contributed by atoms with Crippen LogP contribution in [0.5, 0.6) is 0 Å². The number of fused-ring (bicyclic) bond motifs is 2. The molecule has 0 spiro atoms. The van der Waals surface area contributed by atoms with Gasteiger partial charge in [-0.1, -0.05) is 18.2 Å². The third-order valence-electron chi connectivity index (χ3n) is 4.33. The Kier molecular flexibility index (Phi) is 5.40. The summed E-state index contributed by atoms with van der Waals surface area (Å²) >= 11 is 0. The Labute approximate surface area is 127 Å². The molecule has 0 saturated heterocycles. The summed E-state index contributed by atoms with van der Waals surface area (Å²) in [7, 11) is 0. The Morgan fingerprint density at radius 2 is 2.10 bits per heavy atom. The molecule has 2 aliphatic carbocycles. The Hall–Kier alpha value is -1.35. The molecular formula is C18H26O3. The number of hydrogen-bond acceptors (Lipinski definition) is 3. The summed E-state index contributed by atoms with van der Waals surface area (Å²) in [6.07, 6.45) is 6.14. The summed E-state index contributed by atoms with van der Waals surface area (Å²) in [4.78, 5) is 12.1. The zero-order valence-corrected chi connectivity index (χ0v) is 13.2. The molecule has 3 heteroatoms. The van der Waals surface area contributed by atoms with Crippen molar-refractivity contribution in [3.8, 4) is 0 Å². The van der Waals surface area contributed by atoms with Crippen molar-refractivity contribution in [1.29, 1.82) is 0 Å². The molecule has 3 unspecified atom stereocenters. The molecule has 1 heterocycles. The second kappa shape index (κ2) is 7.08. The lowest BCUT2D eigenvalue weighted by Crippen LogP contribution is -2.41. The van der Waals surface area contributed by atoms with E-state index in [1.54, 1.807) is 6.08 Å². The fourth-order valence-corrected chi connectivity index (χ4v) is 3.57. The highest BCUT2D eigenvalue weighted by atomic mass is 16.7. The van der Waals surface area contributed by atoms with Gasteiger partial charge in [0.15, 0.2) is 5.78 Å². The normalized spacial score (nSPS) is 30.9. The van der Waals surface area contributed by atoms with E-state index >= 15 is 0 Å². The Balaban J connectivity index is 0.000000497. The van der Waals surface area contributed by atoms with Crippen LogP contribution in [-0.4, -0.2) is 18.7 Å². The molecule has 0 N–H and O–H groups in total. The summed E-state index contributed by atoms with van der Waals surface area (Å²) in [5.41, 5.74) is 2.11. The molecule has 3 atom stereocenters. The lowest BCUT2D eigenvalue weighted by molar-refractivity contribution is -0.168. The first-order chi connectivity index (χ1) is 10.1. The topological polar surface area (TPSA) is 35.5 Å². The van der Waals surface area contributed by atoms with Crippen molar-refractivity contribution in [2.24, 2.45) is 11.8 Å². The molecule has 1 saturated carbocycles. The highest BCUT2D eigenvalue weighted by molar-refractivity contribution is 5.99. The van der Waals surface area contributed by atoms with Crippen LogP contribution in [0.3, 0.4) is 0 Å². The highest BCUT2D eigenvalue weighted by Gasteiger charge is 2.47. The van der Waals surface area contributed by atoms with E-state index in [1.165, 1.54) is 5.57 Å².